The number of carboxylic acids is 1. The molecule has 3 aromatic rings. The van der Waals surface area contributed by atoms with Gasteiger partial charge in [-0.3, -0.25) is 19.7 Å². The molecule has 188 valence electrons. The summed E-state index contributed by atoms with van der Waals surface area (Å²) >= 11 is 0. The highest BCUT2D eigenvalue weighted by molar-refractivity contribution is 6.05. The van der Waals surface area contributed by atoms with Crippen LogP contribution in [0.4, 0.5) is 30.7 Å². The summed E-state index contributed by atoms with van der Waals surface area (Å²) in [6.45, 7) is 0.973. The van der Waals surface area contributed by atoms with Gasteiger partial charge in [-0.05, 0) is 37.1 Å². The number of rotatable bonds is 6. The Balaban J connectivity index is 1.46. The van der Waals surface area contributed by atoms with E-state index in [1.54, 1.807) is 24.3 Å². The SMILES string of the molecule is O=C(Nc1nc(C(F)(F)F)c(C(=O)Nc2ccc(N3CCC(C(=O)O)CC3)nc2)o1)c1ccccc1. The zero-order chi connectivity index (χ0) is 25.9. The van der Waals surface area contributed by atoms with Crippen molar-refractivity contribution in [2.45, 2.75) is 19.0 Å². The lowest BCUT2D eigenvalue weighted by Gasteiger charge is -2.31. The highest BCUT2D eigenvalue weighted by atomic mass is 19.4. The third-order valence-electron chi connectivity index (χ3n) is 5.53. The number of piperidine rings is 1. The summed E-state index contributed by atoms with van der Waals surface area (Å²) in [6.07, 6.45) is -2.83. The normalized spacial score (nSPS) is 14.4. The fourth-order valence-electron chi connectivity index (χ4n) is 3.67. The molecule has 36 heavy (non-hydrogen) atoms. The van der Waals surface area contributed by atoms with E-state index in [1.165, 1.54) is 24.4 Å². The van der Waals surface area contributed by atoms with Crippen LogP contribution in [0.15, 0.2) is 53.1 Å². The molecular weight excluding hydrogens is 483 g/mol. The number of nitrogens with one attached hydrogen (secondary N) is 2. The minimum atomic E-state index is -5.02. The predicted molar refractivity (Wildman–Crippen MR) is 121 cm³/mol. The average molecular weight is 503 g/mol. The second-order valence-corrected chi connectivity index (χ2v) is 7.97. The molecular formula is C23H20F3N5O5. The molecule has 1 fully saturated rings. The van der Waals surface area contributed by atoms with Crippen molar-refractivity contribution >= 4 is 35.3 Å². The first-order chi connectivity index (χ1) is 17.1. The average Bonchev–Trinajstić information content (AvgIpc) is 3.30. The molecule has 1 aliphatic rings. The molecule has 3 heterocycles. The van der Waals surface area contributed by atoms with Crippen LogP contribution in [0.5, 0.6) is 0 Å². The number of halogens is 3. The number of carboxylic acid groups (broad SMARTS) is 1. The molecule has 0 bridgehead atoms. The highest BCUT2D eigenvalue weighted by Crippen LogP contribution is 2.33. The van der Waals surface area contributed by atoms with Crippen LogP contribution in [0, 0.1) is 5.92 Å². The second kappa shape index (κ2) is 10.1. The number of nitrogens with zero attached hydrogens (tertiary/aromatic N) is 3. The van der Waals surface area contributed by atoms with Gasteiger partial charge in [0.15, 0.2) is 5.69 Å². The van der Waals surface area contributed by atoms with E-state index in [0.717, 1.165) is 0 Å². The van der Waals surface area contributed by atoms with Crippen LogP contribution in [0.25, 0.3) is 0 Å². The minimum Gasteiger partial charge on any atom is -0.481 e. The second-order valence-electron chi connectivity index (χ2n) is 7.97. The first kappa shape index (κ1) is 24.7. The number of aromatic nitrogens is 2. The lowest BCUT2D eigenvalue weighted by molar-refractivity contribution is -0.142. The van der Waals surface area contributed by atoms with Gasteiger partial charge in [-0.1, -0.05) is 18.2 Å². The molecule has 0 unspecified atom stereocenters. The maximum absolute atomic E-state index is 13.5. The Morgan fingerprint density at radius 1 is 1.00 bits per heavy atom. The molecule has 0 spiro atoms. The Morgan fingerprint density at radius 2 is 1.69 bits per heavy atom. The van der Waals surface area contributed by atoms with Crippen molar-refractivity contribution in [3.05, 3.63) is 65.7 Å². The molecule has 10 nitrogen and oxygen atoms in total. The molecule has 0 saturated carbocycles. The van der Waals surface area contributed by atoms with Crippen LogP contribution >= 0.6 is 0 Å². The Morgan fingerprint density at radius 3 is 2.28 bits per heavy atom. The fraction of sp³-hybridized carbons (Fsp3) is 0.261. The van der Waals surface area contributed by atoms with E-state index < -0.39 is 47.3 Å². The largest absolute Gasteiger partial charge is 0.481 e. The standard InChI is InChI=1S/C23H20F3N5O5/c24-23(25,26)18-17(36-22(29-18)30-19(32)13-4-2-1-3-5-13)20(33)28-15-6-7-16(27-12-15)31-10-8-14(9-11-31)21(34)35/h1-7,12,14H,8-11H2,(H,28,33)(H,34,35)(H,29,30,32). The van der Waals surface area contributed by atoms with Crippen molar-refractivity contribution in [1.29, 1.82) is 0 Å². The van der Waals surface area contributed by atoms with Crippen LogP contribution in [0.3, 0.4) is 0 Å². The van der Waals surface area contributed by atoms with Crippen LogP contribution < -0.4 is 15.5 Å². The molecule has 0 radical (unpaired) electrons. The number of alkyl halides is 3. The summed E-state index contributed by atoms with van der Waals surface area (Å²) in [5.41, 5.74) is -1.33. The van der Waals surface area contributed by atoms with Crippen LogP contribution in [0.1, 0.15) is 39.4 Å². The summed E-state index contributed by atoms with van der Waals surface area (Å²) in [6, 6.07) is 9.93. The summed E-state index contributed by atoms with van der Waals surface area (Å²) in [5, 5.41) is 13.5. The summed E-state index contributed by atoms with van der Waals surface area (Å²) in [7, 11) is 0. The topological polar surface area (TPSA) is 138 Å². The van der Waals surface area contributed by atoms with E-state index in [1.807, 2.05) is 4.90 Å². The highest BCUT2D eigenvalue weighted by Gasteiger charge is 2.41. The molecule has 0 atom stereocenters. The third-order valence-corrected chi connectivity index (χ3v) is 5.53. The third kappa shape index (κ3) is 5.62. The van der Waals surface area contributed by atoms with Crippen LogP contribution in [-0.4, -0.2) is 45.9 Å². The van der Waals surface area contributed by atoms with Crippen molar-refractivity contribution in [2.75, 3.05) is 28.6 Å². The molecule has 13 heteroatoms. The van der Waals surface area contributed by atoms with E-state index in [4.69, 9.17) is 9.52 Å². The Hall–Kier alpha value is -4.42. The molecule has 0 aliphatic carbocycles. The summed E-state index contributed by atoms with van der Waals surface area (Å²) < 4.78 is 45.4. The zero-order valence-corrected chi connectivity index (χ0v) is 18.6. The molecule has 1 saturated heterocycles. The minimum absolute atomic E-state index is 0.101. The van der Waals surface area contributed by atoms with Crippen molar-refractivity contribution in [1.82, 2.24) is 9.97 Å². The first-order valence-corrected chi connectivity index (χ1v) is 10.8. The number of amides is 2. The number of carbonyl (C=O) groups excluding carboxylic acids is 2. The van der Waals surface area contributed by atoms with Gasteiger partial charge in [0, 0.05) is 18.7 Å². The molecule has 4 rings (SSSR count). The van der Waals surface area contributed by atoms with Gasteiger partial charge in [-0.25, -0.2) is 4.98 Å². The molecule has 1 aliphatic heterocycles. The molecule has 1 aromatic carbocycles. The monoisotopic (exact) mass is 503 g/mol. The summed E-state index contributed by atoms with van der Waals surface area (Å²) in [5.74, 6) is -3.82. The van der Waals surface area contributed by atoms with Crippen molar-refractivity contribution in [3.63, 3.8) is 0 Å². The van der Waals surface area contributed by atoms with Crippen LogP contribution in [-0.2, 0) is 11.0 Å². The maximum Gasteiger partial charge on any atom is 0.437 e. The van der Waals surface area contributed by atoms with Gasteiger partial charge >= 0.3 is 18.2 Å². The van der Waals surface area contributed by atoms with Crippen molar-refractivity contribution in [3.8, 4) is 0 Å². The van der Waals surface area contributed by atoms with Gasteiger partial charge < -0.3 is 19.7 Å². The smallest absolute Gasteiger partial charge is 0.437 e. The number of oxazole rings is 1. The number of anilines is 3. The van der Waals surface area contributed by atoms with Crippen LogP contribution in [0.2, 0.25) is 0 Å². The number of benzene rings is 1. The van der Waals surface area contributed by atoms with Gasteiger partial charge in [-0.2, -0.15) is 18.2 Å². The predicted octanol–water partition coefficient (Wildman–Crippen LogP) is 3.89. The van der Waals surface area contributed by atoms with Gasteiger partial charge in [-0.15, -0.1) is 0 Å². The number of pyridine rings is 1. The van der Waals surface area contributed by atoms with Crippen molar-refractivity contribution in [2.24, 2.45) is 5.92 Å². The van der Waals surface area contributed by atoms with Gasteiger partial charge in [0.2, 0.25) is 5.76 Å². The molecule has 2 amide bonds. The molecule has 2 aromatic heterocycles. The number of carbonyl (C=O) groups is 3. The number of hydrogen-bond donors (Lipinski definition) is 3. The van der Waals surface area contributed by atoms with Gasteiger partial charge in [0.1, 0.15) is 5.82 Å². The zero-order valence-electron chi connectivity index (χ0n) is 18.6. The number of hydrogen-bond acceptors (Lipinski definition) is 7. The van der Waals surface area contributed by atoms with E-state index in [9.17, 15) is 27.6 Å². The lowest BCUT2D eigenvalue weighted by atomic mass is 9.97. The number of aliphatic carboxylic acids is 1. The van der Waals surface area contributed by atoms with E-state index >= 15 is 0 Å². The fourth-order valence-corrected chi connectivity index (χ4v) is 3.67. The quantitative estimate of drug-likeness (QED) is 0.461. The van der Waals surface area contributed by atoms with Crippen molar-refractivity contribution < 1.29 is 37.1 Å². The van der Waals surface area contributed by atoms with E-state index in [2.05, 4.69) is 20.6 Å². The van der Waals surface area contributed by atoms with E-state index in [-0.39, 0.29) is 11.3 Å². The maximum atomic E-state index is 13.5. The lowest BCUT2D eigenvalue weighted by Crippen LogP contribution is -2.36. The first-order valence-electron chi connectivity index (χ1n) is 10.8. The Kier molecular flexibility index (Phi) is 6.90. The van der Waals surface area contributed by atoms with E-state index in [0.29, 0.717) is 31.7 Å². The van der Waals surface area contributed by atoms with Gasteiger partial charge in [0.05, 0.1) is 17.8 Å². The Labute approximate surface area is 202 Å². The molecule has 3 N–H and O–H groups in total. The summed E-state index contributed by atoms with van der Waals surface area (Å²) in [4.78, 5) is 45.2. The Bertz CT molecular complexity index is 1250. The van der Waals surface area contributed by atoms with Gasteiger partial charge in [0.25, 0.3) is 11.8 Å².